The Bertz CT molecular complexity index is 509. The summed E-state index contributed by atoms with van der Waals surface area (Å²) in [7, 11) is 0. The summed E-state index contributed by atoms with van der Waals surface area (Å²) in [6, 6.07) is 7.76. The van der Waals surface area contributed by atoms with E-state index in [1.807, 2.05) is 24.3 Å². The summed E-state index contributed by atoms with van der Waals surface area (Å²) in [5, 5.41) is 0.747. The van der Waals surface area contributed by atoms with Gasteiger partial charge in [0.05, 0.1) is 13.2 Å². The second-order valence-corrected chi connectivity index (χ2v) is 7.64. The molecule has 1 saturated carbocycles. The van der Waals surface area contributed by atoms with Crippen LogP contribution in [0.15, 0.2) is 36.4 Å². The van der Waals surface area contributed by atoms with Gasteiger partial charge in [0.25, 0.3) is 0 Å². The summed E-state index contributed by atoms with van der Waals surface area (Å²) in [6.45, 7) is 3.87. The van der Waals surface area contributed by atoms with E-state index in [1.165, 1.54) is 38.5 Å². The first kappa shape index (κ1) is 18.0. The lowest BCUT2D eigenvalue weighted by Crippen LogP contribution is -2.34. The van der Waals surface area contributed by atoms with E-state index >= 15 is 0 Å². The second-order valence-electron chi connectivity index (χ2n) is 7.20. The molecule has 2 fully saturated rings. The molecule has 0 atom stereocenters. The van der Waals surface area contributed by atoms with Crippen molar-refractivity contribution in [3.8, 4) is 0 Å². The average Bonchev–Trinajstić information content (AvgIpc) is 2.63. The lowest BCUT2D eigenvalue weighted by Gasteiger charge is -2.37. The minimum Gasteiger partial charge on any atom is -0.348 e. The van der Waals surface area contributed by atoms with E-state index in [-0.39, 0.29) is 6.29 Å². The molecule has 3 heteroatoms. The van der Waals surface area contributed by atoms with Crippen LogP contribution in [0.2, 0.25) is 5.02 Å². The third kappa shape index (κ3) is 4.84. The van der Waals surface area contributed by atoms with Crippen molar-refractivity contribution in [2.24, 2.45) is 17.8 Å². The first-order valence-electron chi connectivity index (χ1n) is 9.41. The van der Waals surface area contributed by atoms with E-state index in [2.05, 4.69) is 19.1 Å². The molecular weight excluding hydrogens is 320 g/mol. The number of hydrogen-bond acceptors (Lipinski definition) is 2. The number of allylic oxidation sites excluding steroid dienone is 2. The second kappa shape index (κ2) is 9.03. The molecule has 0 aromatic heterocycles. The van der Waals surface area contributed by atoms with Crippen molar-refractivity contribution in [2.45, 2.75) is 51.7 Å². The van der Waals surface area contributed by atoms with Gasteiger partial charge in [0.15, 0.2) is 6.29 Å². The fourth-order valence-electron chi connectivity index (χ4n) is 3.87. The number of halogens is 1. The van der Waals surface area contributed by atoms with Gasteiger partial charge in [0, 0.05) is 16.5 Å². The Morgan fingerprint density at radius 3 is 2.29 bits per heavy atom. The van der Waals surface area contributed by atoms with E-state index in [0.717, 1.165) is 35.6 Å². The lowest BCUT2D eigenvalue weighted by molar-refractivity contribution is -0.214. The Hall–Kier alpha value is -0.830. The molecule has 3 rings (SSSR count). The summed E-state index contributed by atoms with van der Waals surface area (Å²) in [6.07, 6.45) is 12.3. The third-order valence-electron chi connectivity index (χ3n) is 5.41. The molecule has 132 valence electrons. The number of hydrogen-bond donors (Lipinski definition) is 0. The van der Waals surface area contributed by atoms with E-state index < -0.39 is 0 Å². The zero-order chi connectivity index (χ0) is 16.8. The van der Waals surface area contributed by atoms with Crippen LogP contribution in [0, 0.1) is 17.8 Å². The van der Waals surface area contributed by atoms with Crippen LogP contribution in [0.3, 0.4) is 0 Å². The lowest BCUT2D eigenvalue weighted by atomic mass is 9.76. The highest BCUT2D eigenvalue weighted by atomic mass is 35.5. The normalized spacial score (nSPS) is 31.4. The Morgan fingerprint density at radius 2 is 1.67 bits per heavy atom. The predicted octanol–water partition coefficient (Wildman–Crippen LogP) is 6.16. The van der Waals surface area contributed by atoms with Gasteiger partial charge in [-0.3, -0.25) is 0 Å². The van der Waals surface area contributed by atoms with Crippen molar-refractivity contribution in [3.05, 3.63) is 47.0 Å². The maximum Gasteiger partial charge on any atom is 0.183 e. The molecule has 0 N–H and O–H groups in total. The standard InChI is InChI=1S/C21H29ClO2/c1-2-3-4-5-16-6-8-17(9-7-16)19-14-23-21(24-15-19)18-10-12-20(22)13-11-18/h4-5,10-13,16-17,19,21H,2-3,6-9,14-15H2,1H3/t16-,17-,19-,21-. The highest BCUT2D eigenvalue weighted by Crippen LogP contribution is 2.37. The van der Waals surface area contributed by atoms with E-state index in [9.17, 15) is 0 Å². The number of rotatable bonds is 5. The molecule has 0 spiro atoms. The van der Waals surface area contributed by atoms with Crippen LogP contribution in [0.1, 0.15) is 57.3 Å². The zero-order valence-electron chi connectivity index (χ0n) is 14.6. The number of benzene rings is 1. The van der Waals surface area contributed by atoms with Crippen LogP contribution in [-0.2, 0) is 9.47 Å². The van der Waals surface area contributed by atoms with Gasteiger partial charge in [-0.15, -0.1) is 0 Å². The topological polar surface area (TPSA) is 18.5 Å². The minimum absolute atomic E-state index is 0.230. The maximum absolute atomic E-state index is 6.00. The summed E-state index contributed by atoms with van der Waals surface area (Å²) < 4.78 is 12.0. The summed E-state index contributed by atoms with van der Waals surface area (Å²) >= 11 is 5.94. The molecule has 0 radical (unpaired) electrons. The minimum atomic E-state index is -0.230. The van der Waals surface area contributed by atoms with Crippen molar-refractivity contribution in [3.63, 3.8) is 0 Å². The molecule has 1 saturated heterocycles. The van der Waals surface area contributed by atoms with Gasteiger partial charge in [0.2, 0.25) is 0 Å². The predicted molar refractivity (Wildman–Crippen MR) is 99.1 cm³/mol. The van der Waals surface area contributed by atoms with Gasteiger partial charge >= 0.3 is 0 Å². The van der Waals surface area contributed by atoms with Gasteiger partial charge in [0.1, 0.15) is 0 Å². The first-order valence-corrected chi connectivity index (χ1v) is 9.79. The molecule has 2 aliphatic rings. The van der Waals surface area contributed by atoms with Gasteiger partial charge in [-0.2, -0.15) is 0 Å². The average molecular weight is 349 g/mol. The largest absolute Gasteiger partial charge is 0.348 e. The highest BCUT2D eigenvalue weighted by Gasteiger charge is 2.31. The number of ether oxygens (including phenoxy) is 2. The molecule has 1 heterocycles. The molecule has 0 unspecified atom stereocenters. The first-order chi connectivity index (χ1) is 11.8. The van der Waals surface area contributed by atoms with E-state index in [4.69, 9.17) is 21.1 Å². The number of unbranched alkanes of at least 4 members (excludes halogenated alkanes) is 1. The molecule has 24 heavy (non-hydrogen) atoms. The Balaban J connectivity index is 1.43. The van der Waals surface area contributed by atoms with Crippen LogP contribution in [0.25, 0.3) is 0 Å². The zero-order valence-corrected chi connectivity index (χ0v) is 15.4. The molecule has 2 nitrogen and oxygen atoms in total. The quantitative estimate of drug-likeness (QED) is 0.593. The van der Waals surface area contributed by atoms with Gasteiger partial charge in [-0.25, -0.2) is 0 Å². The molecule has 0 bridgehead atoms. The van der Waals surface area contributed by atoms with Crippen LogP contribution < -0.4 is 0 Å². The molecule has 1 aliphatic carbocycles. The van der Waals surface area contributed by atoms with Crippen molar-refractivity contribution < 1.29 is 9.47 Å². The van der Waals surface area contributed by atoms with E-state index in [0.29, 0.717) is 5.92 Å². The van der Waals surface area contributed by atoms with Crippen molar-refractivity contribution in [1.82, 2.24) is 0 Å². The molecule has 1 aromatic rings. The van der Waals surface area contributed by atoms with Crippen molar-refractivity contribution in [2.75, 3.05) is 13.2 Å². The fourth-order valence-corrected chi connectivity index (χ4v) is 3.99. The molecular formula is C21H29ClO2. The van der Waals surface area contributed by atoms with Crippen molar-refractivity contribution in [1.29, 1.82) is 0 Å². The fraction of sp³-hybridized carbons (Fsp3) is 0.619. The van der Waals surface area contributed by atoms with Crippen LogP contribution in [0.4, 0.5) is 0 Å². The van der Waals surface area contributed by atoms with Crippen molar-refractivity contribution >= 4 is 11.6 Å². The summed E-state index contributed by atoms with van der Waals surface area (Å²) in [5.74, 6) is 2.10. The van der Waals surface area contributed by atoms with Gasteiger partial charge in [-0.05, 0) is 56.1 Å². The van der Waals surface area contributed by atoms with Crippen LogP contribution >= 0.6 is 11.6 Å². The molecule has 0 amide bonds. The Kier molecular flexibility index (Phi) is 6.76. The molecule has 1 aromatic carbocycles. The Labute approximate surface area is 151 Å². The Morgan fingerprint density at radius 1 is 1.00 bits per heavy atom. The third-order valence-corrected chi connectivity index (χ3v) is 5.66. The smallest absolute Gasteiger partial charge is 0.183 e. The molecule has 1 aliphatic heterocycles. The van der Waals surface area contributed by atoms with Gasteiger partial charge < -0.3 is 9.47 Å². The summed E-state index contributed by atoms with van der Waals surface area (Å²) in [5.41, 5.74) is 1.06. The maximum atomic E-state index is 6.00. The van der Waals surface area contributed by atoms with Crippen LogP contribution in [-0.4, -0.2) is 13.2 Å². The SMILES string of the molecule is CCCC=C[C@H]1CC[C@H]([C@H]2CO[C@H](c3ccc(Cl)cc3)OC2)CC1. The monoisotopic (exact) mass is 348 g/mol. The summed E-state index contributed by atoms with van der Waals surface area (Å²) in [4.78, 5) is 0. The van der Waals surface area contributed by atoms with E-state index in [1.54, 1.807) is 0 Å². The van der Waals surface area contributed by atoms with Crippen LogP contribution in [0.5, 0.6) is 0 Å². The highest BCUT2D eigenvalue weighted by molar-refractivity contribution is 6.30. The van der Waals surface area contributed by atoms with Gasteiger partial charge in [-0.1, -0.05) is 49.2 Å².